The molecule has 1 aromatic rings. The lowest BCUT2D eigenvalue weighted by Crippen LogP contribution is -2.53. The standard InChI is InChI=1S/C15H16F3N3O3/c1-8(19-12(22)7-15(16,17)18)13(23)21-11-6-9-4-2-3-5-10(9)20-14(11)24/h2-5,8,11H,6-7H2,1H3,(H,19,22)(H,20,24)(H,21,23). The average Bonchev–Trinajstić information content (AvgIpc) is 2.45. The van der Waals surface area contributed by atoms with E-state index in [1.165, 1.54) is 6.92 Å². The van der Waals surface area contributed by atoms with Crippen molar-refractivity contribution in [3.63, 3.8) is 0 Å². The summed E-state index contributed by atoms with van der Waals surface area (Å²) in [7, 11) is 0. The number of hydrogen-bond acceptors (Lipinski definition) is 3. The fourth-order valence-corrected chi connectivity index (χ4v) is 2.31. The van der Waals surface area contributed by atoms with E-state index in [2.05, 4.69) is 10.6 Å². The van der Waals surface area contributed by atoms with E-state index in [0.29, 0.717) is 5.69 Å². The second-order valence-corrected chi connectivity index (χ2v) is 5.49. The zero-order valence-corrected chi connectivity index (χ0v) is 12.7. The van der Waals surface area contributed by atoms with Gasteiger partial charge >= 0.3 is 6.18 Å². The SMILES string of the molecule is CC(NC(=O)CC(F)(F)F)C(=O)NC1Cc2ccccc2NC1=O. The summed E-state index contributed by atoms with van der Waals surface area (Å²) in [5.74, 6) is -2.45. The van der Waals surface area contributed by atoms with Crippen molar-refractivity contribution in [2.45, 2.75) is 38.0 Å². The van der Waals surface area contributed by atoms with E-state index in [-0.39, 0.29) is 6.42 Å². The van der Waals surface area contributed by atoms with Crippen molar-refractivity contribution in [3.8, 4) is 0 Å². The van der Waals surface area contributed by atoms with Crippen molar-refractivity contribution in [2.24, 2.45) is 0 Å². The Labute approximate surface area is 135 Å². The van der Waals surface area contributed by atoms with Crippen molar-refractivity contribution >= 4 is 23.4 Å². The molecule has 0 spiro atoms. The van der Waals surface area contributed by atoms with E-state index in [9.17, 15) is 27.6 Å². The first-order chi connectivity index (χ1) is 11.2. The molecule has 3 amide bonds. The Morgan fingerprint density at radius 2 is 2.00 bits per heavy atom. The molecule has 0 saturated carbocycles. The van der Waals surface area contributed by atoms with Crippen LogP contribution in [0.25, 0.3) is 0 Å². The number of hydrogen-bond donors (Lipinski definition) is 3. The number of anilines is 1. The maximum Gasteiger partial charge on any atom is 0.397 e. The van der Waals surface area contributed by atoms with Crippen molar-refractivity contribution in [1.29, 1.82) is 0 Å². The van der Waals surface area contributed by atoms with E-state index < -0.39 is 42.4 Å². The maximum absolute atomic E-state index is 12.1. The predicted octanol–water partition coefficient (Wildman–Crippen LogP) is 1.12. The van der Waals surface area contributed by atoms with Gasteiger partial charge in [-0.1, -0.05) is 18.2 Å². The van der Waals surface area contributed by atoms with Crippen LogP contribution in [0, 0.1) is 0 Å². The molecule has 2 rings (SSSR count). The number of alkyl halides is 3. The highest BCUT2D eigenvalue weighted by atomic mass is 19.4. The number of halogens is 3. The van der Waals surface area contributed by atoms with Gasteiger partial charge in [-0.3, -0.25) is 14.4 Å². The lowest BCUT2D eigenvalue weighted by Gasteiger charge is -2.26. The molecule has 0 saturated heterocycles. The van der Waals surface area contributed by atoms with Crippen LogP contribution in [0.4, 0.5) is 18.9 Å². The van der Waals surface area contributed by atoms with Crippen LogP contribution in [-0.4, -0.2) is 36.0 Å². The third-order valence-corrected chi connectivity index (χ3v) is 3.46. The highest BCUT2D eigenvalue weighted by Gasteiger charge is 2.33. The van der Waals surface area contributed by atoms with Gasteiger partial charge in [0.2, 0.25) is 17.7 Å². The van der Waals surface area contributed by atoms with Gasteiger partial charge in [0.25, 0.3) is 0 Å². The first kappa shape index (κ1) is 17.8. The Kier molecular flexibility index (Phi) is 5.10. The highest BCUT2D eigenvalue weighted by Crippen LogP contribution is 2.22. The van der Waals surface area contributed by atoms with Gasteiger partial charge in [-0.05, 0) is 18.6 Å². The van der Waals surface area contributed by atoms with Crippen LogP contribution in [0.5, 0.6) is 0 Å². The van der Waals surface area contributed by atoms with Gasteiger partial charge in [0.1, 0.15) is 18.5 Å². The largest absolute Gasteiger partial charge is 0.397 e. The summed E-state index contributed by atoms with van der Waals surface area (Å²) in [5, 5.41) is 7.02. The van der Waals surface area contributed by atoms with Crippen molar-refractivity contribution in [3.05, 3.63) is 29.8 Å². The maximum atomic E-state index is 12.1. The lowest BCUT2D eigenvalue weighted by atomic mass is 9.99. The van der Waals surface area contributed by atoms with Gasteiger partial charge in [-0.25, -0.2) is 0 Å². The number of rotatable bonds is 4. The third kappa shape index (κ3) is 4.71. The molecule has 1 aliphatic rings. The first-order valence-corrected chi connectivity index (χ1v) is 7.21. The predicted molar refractivity (Wildman–Crippen MR) is 79.0 cm³/mol. The molecule has 1 aromatic carbocycles. The molecule has 6 nitrogen and oxygen atoms in total. The fraction of sp³-hybridized carbons (Fsp3) is 0.400. The zero-order chi connectivity index (χ0) is 17.9. The van der Waals surface area contributed by atoms with Crippen molar-refractivity contribution in [1.82, 2.24) is 10.6 Å². The Morgan fingerprint density at radius 3 is 2.67 bits per heavy atom. The number of fused-ring (bicyclic) bond motifs is 1. The summed E-state index contributed by atoms with van der Waals surface area (Å²) in [4.78, 5) is 35.1. The van der Waals surface area contributed by atoms with E-state index >= 15 is 0 Å². The average molecular weight is 343 g/mol. The quantitative estimate of drug-likeness (QED) is 0.766. The number of carbonyl (C=O) groups is 3. The minimum Gasteiger partial charge on any atom is -0.344 e. The monoisotopic (exact) mass is 343 g/mol. The van der Waals surface area contributed by atoms with E-state index in [4.69, 9.17) is 0 Å². The number of para-hydroxylation sites is 1. The Morgan fingerprint density at radius 1 is 1.33 bits per heavy atom. The second kappa shape index (κ2) is 6.90. The summed E-state index contributed by atoms with van der Waals surface area (Å²) < 4.78 is 36.3. The van der Waals surface area contributed by atoms with E-state index in [0.717, 1.165) is 5.56 Å². The molecule has 24 heavy (non-hydrogen) atoms. The molecular formula is C15H16F3N3O3. The summed E-state index contributed by atoms with van der Waals surface area (Å²) in [6.07, 6.45) is -6.05. The van der Waals surface area contributed by atoms with Crippen molar-refractivity contribution in [2.75, 3.05) is 5.32 Å². The molecule has 2 unspecified atom stereocenters. The third-order valence-electron chi connectivity index (χ3n) is 3.46. The number of benzene rings is 1. The van der Waals surface area contributed by atoms with Gasteiger partial charge in [0.15, 0.2) is 0 Å². The molecule has 0 aromatic heterocycles. The van der Waals surface area contributed by atoms with Gasteiger partial charge in [-0.2, -0.15) is 13.2 Å². The lowest BCUT2D eigenvalue weighted by molar-refractivity contribution is -0.155. The van der Waals surface area contributed by atoms with Crippen LogP contribution in [0.3, 0.4) is 0 Å². The second-order valence-electron chi connectivity index (χ2n) is 5.49. The van der Waals surface area contributed by atoms with Gasteiger partial charge in [-0.15, -0.1) is 0 Å². The normalized spacial score (nSPS) is 18.2. The summed E-state index contributed by atoms with van der Waals surface area (Å²) in [6, 6.07) is 5.03. The minimum absolute atomic E-state index is 0.261. The minimum atomic E-state index is -4.65. The van der Waals surface area contributed by atoms with Gasteiger partial charge < -0.3 is 16.0 Å². The van der Waals surface area contributed by atoms with Gasteiger partial charge in [0, 0.05) is 12.1 Å². The molecule has 9 heteroatoms. The first-order valence-electron chi connectivity index (χ1n) is 7.21. The van der Waals surface area contributed by atoms with Crippen LogP contribution >= 0.6 is 0 Å². The molecule has 0 radical (unpaired) electrons. The van der Waals surface area contributed by atoms with Gasteiger partial charge in [0.05, 0.1) is 0 Å². The molecule has 1 heterocycles. The Balaban J connectivity index is 1.92. The molecule has 3 N–H and O–H groups in total. The summed E-state index contributed by atoms with van der Waals surface area (Å²) in [6.45, 7) is 1.25. The van der Waals surface area contributed by atoms with Crippen LogP contribution in [0.2, 0.25) is 0 Å². The topological polar surface area (TPSA) is 87.3 Å². The molecular weight excluding hydrogens is 327 g/mol. The molecule has 130 valence electrons. The summed E-state index contributed by atoms with van der Waals surface area (Å²) in [5.41, 5.74) is 1.48. The Bertz CT molecular complexity index is 661. The molecule has 0 bridgehead atoms. The van der Waals surface area contributed by atoms with E-state index in [1.807, 2.05) is 5.32 Å². The number of amides is 3. The van der Waals surface area contributed by atoms with Crippen LogP contribution in [-0.2, 0) is 20.8 Å². The zero-order valence-electron chi connectivity index (χ0n) is 12.7. The number of nitrogens with one attached hydrogen (secondary N) is 3. The molecule has 2 atom stereocenters. The molecule has 0 fully saturated rings. The van der Waals surface area contributed by atoms with E-state index in [1.54, 1.807) is 24.3 Å². The summed E-state index contributed by atoms with van der Waals surface area (Å²) >= 11 is 0. The Hall–Kier alpha value is -2.58. The van der Waals surface area contributed by atoms with Crippen molar-refractivity contribution < 1.29 is 27.6 Å². The number of carbonyl (C=O) groups excluding carboxylic acids is 3. The molecule has 1 aliphatic heterocycles. The highest BCUT2D eigenvalue weighted by molar-refractivity contribution is 6.00. The van der Waals surface area contributed by atoms with Crippen LogP contribution in [0.15, 0.2) is 24.3 Å². The molecule has 0 aliphatic carbocycles. The van der Waals surface area contributed by atoms with Crippen LogP contribution < -0.4 is 16.0 Å². The van der Waals surface area contributed by atoms with Crippen LogP contribution in [0.1, 0.15) is 18.9 Å². The fourth-order valence-electron chi connectivity index (χ4n) is 2.31. The smallest absolute Gasteiger partial charge is 0.344 e.